The van der Waals surface area contributed by atoms with Crippen LogP contribution in [-0.4, -0.2) is 22.3 Å². The van der Waals surface area contributed by atoms with Crippen molar-refractivity contribution < 1.29 is 15.0 Å². The van der Waals surface area contributed by atoms with Crippen molar-refractivity contribution in [3.63, 3.8) is 0 Å². The van der Waals surface area contributed by atoms with Gasteiger partial charge in [-0.3, -0.25) is 4.79 Å². The van der Waals surface area contributed by atoms with Crippen molar-refractivity contribution in [1.82, 2.24) is 0 Å². The van der Waals surface area contributed by atoms with Crippen LogP contribution < -0.4 is 0 Å². The minimum atomic E-state index is -0.539. The number of hydrogen-bond donors (Lipinski definition) is 2. The fourth-order valence-corrected chi connectivity index (χ4v) is 10.5. The van der Waals surface area contributed by atoms with Gasteiger partial charge in [-0.1, -0.05) is 53.2 Å². The van der Waals surface area contributed by atoms with Crippen LogP contribution in [0.3, 0.4) is 0 Å². The molecule has 0 aromatic heterocycles. The molecule has 180 valence electrons. The standard InChI is InChI=1S/C29H46O3/c1-18-9-14-29(24(31)32)16-15-27(5)19(20(29)17-18)7-8-22-26(4)12-11-23(30)25(2,3)21(26)10-13-28(22,27)6/h7,18,20-23,30H,8-17H2,1-6H3,(H,31,32)/t18-,20-,21?,22?,23-,26-,27-,28+,29?/m0/s1. The first-order chi connectivity index (χ1) is 14.8. The van der Waals surface area contributed by atoms with Crippen LogP contribution in [0, 0.1) is 50.7 Å². The molecule has 0 aromatic carbocycles. The van der Waals surface area contributed by atoms with Gasteiger partial charge < -0.3 is 10.2 Å². The number of carbonyl (C=O) groups is 1. The highest BCUT2D eigenvalue weighted by molar-refractivity contribution is 5.76. The number of allylic oxidation sites excluding steroid dienone is 2. The second kappa shape index (κ2) is 6.86. The predicted octanol–water partition coefficient (Wildman–Crippen LogP) is 6.84. The lowest BCUT2D eigenvalue weighted by atomic mass is 9.34. The third-order valence-corrected chi connectivity index (χ3v) is 12.8. The summed E-state index contributed by atoms with van der Waals surface area (Å²) in [5.41, 5.74) is 1.54. The van der Waals surface area contributed by atoms with E-state index in [9.17, 15) is 15.0 Å². The van der Waals surface area contributed by atoms with Crippen LogP contribution in [0.2, 0.25) is 0 Å². The van der Waals surface area contributed by atoms with Crippen LogP contribution in [0.1, 0.15) is 106 Å². The molecule has 9 atom stereocenters. The molecule has 3 nitrogen and oxygen atoms in total. The second-order valence-electron chi connectivity index (χ2n) is 14.1. The quantitative estimate of drug-likeness (QED) is 0.437. The van der Waals surface area contributed by atoms with Crippen LogP contribution in [0.4, 0.5) is 0 Å². The van der Waals surface area contributed by atoms with Crippen molar-refractivity contribution in [2.45, 2.75) is 112 Å². The summed E-state index contributed by atoms with van der Waals surface area (Å²) >= 11 is 0. The smallest absolute Gasteiger partial charge is 0.310 e. The summed E-state index contributed by atoms with van der Waals surface area (Å²) in [5, 5.41) is 21.3. The van der Waals surface area contributed by atoms with Crippen molar-refractivity contribution in [3.8, 4) is 0 Å². The Balaban J connectivity index is 1.59. The maximum atomic E-state index is 12.6. The number of hydrogen-bond acceptors (Lipinski definition) is 2. The molecule has 4 fully saturated rings. The molecular formula is C29H46O3. The molecule has 0 spiro atoms. The Morgan fingerprint density at radius 3 is 2.34 bits per heavy atom. The number of aliphatic hydroxyl groups excluding tert-OH is 1. The summed E-state index contributed by atoms with van der Waals surface area (Å²) in [4.78, 5) is 12.6. The zero-order valence-corrected chi connectivity index (χ0v) is 21.3. The van der Waals surface area contributed by atoms with Crippen molar-refractivity contribution in [3.05, 3.63) is 11.6 Å². The molecule has 0 bridgehead atoms. The maximum absolute atomic E-state index is 12.6. The molecule has 5 rings (SSSR count). The number of carboxylic acid groups (broad SMARTS) is 1. The minimum Gasteiger partial charge on any atom is -0.481 e. The average Bonchev–Trinajstić information content (AvgIpc) is 2.71. The lowest BCUT2D eigenvalue weighted by Crippen LogP contribution is -2.64. The van der Waals surface area contributed by atoms with Crippen molar-refractivity contribution in [1.29, 1.82) is 0 Å². The molecule has 5 aliphatic rings. The number of carboxylic acids is 1. The van der Waals surface area contributed by atoms with Gasteiger partial charge in [0, 0.05) is 0 Å². The van der Waals surface area contributed by atoms with Crippen LogP contribution >= 0.6 is 0 Å². The van der Waals surface area contributed by atoms with E-state index in [0.29, 0.717) is 17.8 Å². The Morgan fingerprint density at radius 2 is 1.66 bits per heavy atom. The first kappa shape index (κ1) is 22.9. The predicted molar refractivity (Wildman–Crippen MR) is 128 cm³/mol. The lowest BCUT2D eigenvalue weighted by Gasteiger charge is -2.71. The highest BCUT2D eigenvalue weighted by Crippen LogP contribution is 2.75. The topological polar surface area (TPSA) is 57.5 Å². The normalized spacial score (nSPS) is 54.3. The largest absolute Gasteiger partial charge is 0.481 e. The van der Waals surface area contributed by atoms with Crippen LogP contribution in [0.15, 0.2) is 11.6 Å². The van der Waals surface area contributed by atoms with E-state index in [4.69, 9.17) is 0 Å². The molecule has 0 heterocycles. The van der Waals surface area contributed by atoms with Gasteiger partial charge in [0.05, 0.1) is 11.5 Å². The molecule has 0 saturated heterocycles. The third-order valence-electron chi connectivity index (χ3n) is 12.8. The molecule has 4 saturated carbocycles. The summed E-state index contributed by atoms with van der Waals surface area (Å²) in [6.45, 7) is 14.6. The van der Waals surface area contributed by atoms with Crippen molar-refractivity contribution in [2.24, 2.45) is 50.7 Å². The summed E-state index contributed by atoms with van der Waals surface area (Å²) in [6.07, 6.45) is 12.7. The molecule has 0 aromatic rings. The maximum Gasteiger partial charge on any atom is 0.310 e. The molecule has 0 amide bonds. The van der Waals surface area contributed by atoms with Crippen LogP contribution in [-0.2, 0) is 4.79 Å². The molecular weight excluding hydrogens is 396 g/mol. The number of fused-ring (bicyclic) bond motifs is 7. The van der Waals surface area contributed by atoms with Gasteiger partial charge in [0.25, 0.3) is 0 Å². The van der Waals surface area contributed by atoms with E-state index in [-0.39, 0.29) is 33.7 Å². The Hall–Kier alpha value is -0.830. The molecule has 3 heteroatoms. The van der Waals surface area contributed by atoms with Gasteiger partial charge >= 0.3 is 5.97 Å². The van der Waals surface area contributed by atoms with E-state index in [2.05, 4.69) is 47.6 Å². The zero-order valence-electron chi connectivity index (χ0n) is 21.3. The summed E-state index contributed by atoms with van der Waals surface area (Å²) in [5.74, 6) is 1.48. The highest BCUT2D eigenvalue weighted by atomic mass is 16.4. The zero-order chi connectivity index (χ0) is 23.3. The fraction of sp³-hybridized carbons (Fsp3) is 0.897. The van der Waals surface area contributed by atoms with E-state index in [1.54, 1.807) is 0 Å². The Labute approximate surface area is 195 Å². The van der Waals surface area contributed by atoms with Gasteiger partial charge in [-0.2, -0.15) is 0 Å². The fourth-order valence-electron chi connectivity index (χ4n) is 10.5. The van der Waals surface area contributed by atoms with E-state index in [0.717, 1.165) is 51.4 Å². The van der Waals surface area contributed by atoms with Crippen molar-refractivity contribution >= 4 is 5.97 Å². The van der Waals surface area contributed by atoms with Crippen LogP contribution in [0.25, 0.3) is 0 Å². The highest BCUT2D eigenvalue weighted by Gasteiger charge is 2.68. The Morgan fingerprint density at radius 1 is 0.938 bits per heavy atom. The second-order valence-corrected chi connectivity index (χ2v) is 14.1. The first-order valence-corrected chi connectivity index (χ1v) is 13.4. The molecule has 0 radical (unpaired) electrons. The number of aliphatic carboxylic acids is 1. The van der Waals surface area contributed by atoms with Crippen LogP contribution in [0.5, 0.6) is 0 Å². The molecule has 32 heavy (non-hydrogen) atoms. The van der Waals surface area contributed by atoms with Crippen molar-refractivity contribution in [2.75, 3.05) is 0 Å². The average molecular weight is 443 g/mol. The third kappa shape index (κ3) is 2.61. The molecule has 3 unspecified atom stereocenters. The van der Waals surface area contributed by atoms with E-state index >= 15 is 0 Å². The molecule has 5 aliphatic carbocycles. The van der Waals surface area contributed by atoms with Gasteiger partial charge in [0.2, 0.25) is 0 Å². The monoisotopic (exact) mass is 442 g/mol. The lowest BCUT2D eigenvalue weighted by molar-refractivity contribution is -0.204. The van der Waals surface area contributed by atoms with Gasteiger partial charge in [-0.15, -0.1) is 0 Å². The van der Waals surface area contributed by atoms with E-state index < -0.39 is 11.4 Å². The van der Waals surface area contributed by atoms with E-state index in [1.165, 1.54) is 18.4 Å². The number of rotatable bonds is 1. The SMILES string of the molecule is C[C@H]1CCC2(C(=O)O)CC[C@@]3(C)C(=CCC4[C@@]5(C)CC[C@H](O)C(C)(C)C5CC[C@]43C)[C@@H]2C1. The Bertz CT molecular complexity index is 843. The summed E-state index contributed by atoms with van der Waals surface area (Å²) in [6, 6.07) is 0. The van der Waals surface area contributed by atoms with Gasteiger partial charge in [-0.05, 0) is 110 Å². The first-order valence-electron chi connectivity index (χ1n) is 13.4. The van der Waals surface area contributed by atoms with Gasteiger partial charge in [0.1, 0.15) is 0 Å². The van der Waals surface area contributed by atoms with Gasteiger partial charge in [-0.25, -0.2) is 0 Å². The Kier molecular flexibility index (Phi) is 4.92. The van der Waals surface area contributed by atoms with Gasteiger partial charge in [0.15, 0.2) is 0 Å². The summed E-state index contributed by atoms with van der Waals surface area (Å²) in [7, 11) is 0. The number of aliphatic hydroxyl groups is 1. The molecule has 2 N–H and O–H groups in total. The molecule has 0 aliphatic heterocycles. The minimum absolute atomic E-state index is 0.0247. The summed E-state index contributed by atoms with van der Waals surface area (Å²) < 4.78 is 0. The van der Waals surface area contributed by atoms with E-state index in [1.807, 2.05) is 0 Å².